The minimum Gasteiger partial charge on any atom is -0.157 e. The van der Waals surface area contributed by atoms with Crippen LogP contribution in [0.5, 0.6) is 0 Å². The van der Waals surface area contributed by atoms with Gasteiger partial charge in [0.15, 0.2) is 0 Å². The molecule has 168 valence electrons. The molecule has 2 heteroatoms. The standard InChI is InChI=1S/C31H32S2/c1-28-22-8-5-6-9-23(22)29(2)25-13-11-21-17-27(25)30(3,31(28,29)4)26-16-20(10-12-24(26)28)18-32-14-7-15-33-19-21/h5-6,8-13,16-17H,7,14-15,18-19H2,1-4H3/t28-,29+,30?,31?. The molecule has 0 radical (unpaired) electrons. The molecule has 0 N–H and O–H groups in total. The van der Waals surface area contributed by atoms with Gasteiger partial charge in [0.05, 0.1) is 0 Å². The Kier molecular flexibility index (Phi) is 4.09. The maximum absolute atomic E-state index is 2.62. The third kappa shape index (κ3) is 2.08. The highest BCUT2D eigenvalue weighted by Gasteiger charge is 2.79. The van der Waals surface area contributed by atoms with Crippen molar-refractivity contribution in [3.05, 3.63) is 105 Å². The highest BCUT2D eigenvalue weighted by Crippen LogP contribution is 2.82. The number of rotatable bonds is 0. The SMILES string of the molecule is CC12c3cc4ccc3[C@@]3(C)c5ccccc5[C@@](C)(c5ccc(cc51)CSCCCSC4)C23C. The summed E-state index contributed by atoms with van der Waals surface area (Å²) in [5.41, 5.74) is 12.4. The van der Waals surface area contributed by atoms with E-state index in [1.807, 2.05) is 0 Å². The molecule has 0 nitrogen and oxygen atoms in total. The fourth-order valence-corrected chi connectivity index (χ4v) is 10.6. The summed E-state index contributed by atoms with van der Waals surface area (Å²) in [5.74, 6) is 4.77. The molecule has 0 saturated carbocycles. The average Bonchev–Trinajstić information content (AvgIpc) is 3.19. The lowest BCUT2D eigenvalue weighted by molar-refractivity contribution is 0.0997. The largest absolute Gasteiger partial charge is 0.157 e. The quantitative estimate of drug-likeness (QED) is 0.330. The van der Waals surface area contributed by atoms with Crippen LogP contribution in [0.15, 0.2) is 60.7 Å². The van der Waals surface area contributed by atoms with Gasteiger partial charge in [-0.15, -0.1) is 0 Å². The maximum Gasteiger partial charge on any atom is 0.0257 e. The average molecular weight is 469 g/mol. The molecule has 0 saturated heterocycles. The molecule has 2 unspecified atom stereocenters. The number of hydrogen-bond donors (Lipinski definition) is 0. The molecule has 3 aliphatic carbocycles. The van der Waals surface area contributed by atoms with Crippen LogP contribution in [-0.2, 0) is 27.8 Å². The Labute approximate surface area is 207 Å². The van der Waals surface area contributed by atoms with Crippen molar-refractivity contribution in [2.45, 2.75) is 61.9 Å². The number of thioether (sulfide) groups is 2. The van der Waals surface area contributed by atoms with Gasteiger partial charge in [0.1, 0.15) is 0 Å². The molecule has 4 bridgehead atoms. The highest BCUT2D eigenvalue weighted by atomic mass is 32.2. The van der Waals surface area contributed by atoms with Crippen LogP contribution in [0.1, 0.15) is 78.6 Å². The third-order valence-corrected chi connectivity index (χ3v) is 12.7. The predicted octanol–water partition coefficient (Wildman–Crippen LogP) is 7.82. The smallest absolute Gasteiger partial charge is 0.0257 e. The lowest BCUT2D eigenvalue weighted by atomic mass is 9.52. The van der Waals surface area contributed by atoms with Crippen LogP contribution in [0.25, 0.3) is 0 Å². The molecule has 33 heavy (non-hydrogen) atoms. The second-order valence-electron chi connectivity index (χ2n) is 11.3. The third-order valence-electron chi connectivity index (χ3n) is 10.4. The van der Waals surface area contributed by atoms with Crippen LogP contribution < -0.4 is 0 Å². The zero-order chi connectivity index (χ0) is 22.6. The number of hydrogen-bond acceptors (Lipinski definition) is 2. The van der Waals surface area contributed by atoms with Crippen molar-refractivity contribution in [3.63, 3.8) is 0 Å². The van der Waals surface area contributed by atoms with Crippen molar-refractivity contribution in [1.29, 1.82) is 0 Å². The first-order valence-corrected chi connectivity index (χ1v) is 14.7. The molecular weight excluding hydrogens is 436 g/mol. The van der Waals surface area contributed by atoms with Gasteiger partial charge in [-0.2, -0.15) is 23.5 Å². The van der Waals surface area contributed by atoms with Crippen LogP contribution in [0, 0.1) is 5.41 Å². The van der Waals surface area contributed by atoms with Gasteiger partial charge >= 0.3 is 0 Å². The maximum atomic E-state index is 2.62. The molecule has 4 aliphatic rings. The van der Waals surface area contributed by atoms with Gasteiger partial charge in [-0.05, 0) is 62.4 Å². The van der Waals surface area contributed by atoms with E-state index < -0.39 is 0 Å². The zero-order valence-electron chi connectivity index (χ0n) is 20.1. The van der Waals surface area contributed by atoms with Gasteiger partial charge in [0.2, 0.25) is 0 Å². The van der Waals surface area contributed by atoms with Crippen molar-refractivity contribution in [2.24, 2.45) is 5.41 Å². The van der Waals surface area contributed by atoms with Crippen LogP contribution in [0.2, 0.25) is 0 Å². The molecule has 4 atom stereocenters. The monoisotopic (exact) mass is 468 g/mol. The summed E-state index contributed by atoms with van der Waals surface area (Å²) in [6.07, 6.45) is 1.30. The summed E-state index contributed by atoms with van der Waals surface area (Å²) < 4.78 is 0. The van der Waals surface area contributed by atoms with Crippen molar-refractivity contribution in [2.75, 3.05) is 11.5 Å². The Morgan fingerprint density at radius 2 is 0.970 bits per heavy atom. The minimum atomic E-state index is -0.00828. The van der Waals surface area contributed by atoms with Gasteiger partial charge in [-0.25, -0.2) is 0 Å². The Bertz CT molecular complexity index is 1230. The lowest BCUT2D eigenvalue weighted by Gasteiger charge is -2.49. The molecule has 0 aromatic heterocycles. The van der Waals surface area contributed by atoms with Gasteiger partial charge in [-0.3, -0.25) is 0 Å². The fraction of sp³-hybridized carbons (Fsp3) is 0.419. The first-order chi connectivity index (χ1) is 15.9. The minimum absolute atomic E-state index is 0.00398. The molecule has 1 heterocycles. The topological polar surface area (TPSA) is 0 Å². The van der Waals surface area contributed by atoms with Crippen molar-refractivity contribution in [1.82, 2.24) is 0 Å². The molecule has 7 rings (SSSR count). The summed E-state index contributed by atoms with van der Waals surface area (Å²) >= 11 is 4.22. The summed E-state index contributed by atoms with van der Waals surface area (Å²) in [5, 5.41) is 0. The fourth-order valence-electron chi connectivity index (χ4n) is 8.61. The van der Waals surface area contributed by atoms with E-state index in [1.165, 1.54) is 29.1 Å². The normalized spacial score (nSPS) is 35.5. The van der Waals surface area contributed by atoms with Gasteiger partial charge in [0, 0.05) is 33.2 Å². The number of benzene rings is 3. The van der Waals surface area contributed by atoms with Crippen molar-refractivity contribution in [3.8, 4) is 0 Å². The molecule has 1 aliphatic heterocycles. The molecule has 3 aromatic carbocycles. The van der Waals surface area contributed by atoms with Crippen molar-refractivity contribution >= 4 is 23.5 Å². The summed E-state index contributed by atoms with van der Waals surface area (Å²) in [6.45, 7) is 10.3. The van der Waals surface area contributed by atoms with Gasteiger partial charge in [0.25, 0.3) is 0 Å². The van der Waals surface area contributed by atoms with Crippen molar-refractivity contribution < 1.29 is 0 Å². The summed E-state index contributed by atoms with van der Waals surface area (Å²) in [6, 6.07) is 24.5. The Balaban J connectivity index is 1.63. The van der Waals surface area contributed by atoms with E-state index in [0.717, 1.165) is 11.5 Å². The second-order valence-corrected chi connectivity index (χ2v) is 13.5. The second kappa shape index (κ2) is 6.52. The van der Waals surface area contributed by atoms with E-state index in [4.69, 9.17) is 0 Å². The first kappa shape index (κ1) is 20.7. The lowest BCUT2D eigenvalue weighted by Crippen LogP contribution is -2.51. The Morgan fingerprint density at radius 1 is 0.545 bits per heavy atom. The van der Waals surface area contributed by atoms with E-state index in [-0.39, 0.29) is 21.7 Å². The number of fused-ring (bicyclic) bond motifs is 7. The van der Waals surface area contributed by atoms with Gasteiger partial charge in [-0.1, -0.05) is 88.4 Å². The van der Waals surface area contributed by atoms with E-state index in [1.54, 1.807) is 33.4 Å². The van der Waals surface area contributed by atoms with Crippen LogP contribution in [-0.4, -0.2) is 11.5 Å². The molecule has 0 fully saturated rings. The molecule has 3 aromatic rings. The Morgan fingerprint density at radius 3 is 1.45 bits per heavy atom. The molecule has 0 spiro atoms. The molecule has 0 amide bonds. The van der Waals surface area contributed by atoms with E-state index in [9.17, 15) is 0 Å². The van der Waals surface area contributed by atoms with Crippen LogP contribution in [0.4, 0.5) is 0 Å². The molecular formula is C31H32S2. The van der Waals surface area contributed by atoms with Crippen LogP contribution >= 0.6 is 23.5 Å². The predicted molar refractivity (Wildman–Crippen MR) is 144 cm³/mol. The summed E-state index contributed by atoms with van der Waals surface area (Å²) in [4.78, 5) is 0. The summed E-state index contributed by atoms with van der Waals surface area (Å²) in [7, 11) is 0. The van der Waals surface area contributed by atoms with E-state index >= 15 is 0 Å². The van der Waals surface area contributed by atoms with Crippen LogP contribution in [0.3, 0.4) is 0 Å². The first-order valence-electron chi connectivity index (χ1n) is 12.4. The van der Waals surface area contributed by atoms with Gasteiger partial charge < -0.3 is 0 Å². The van der Waals surface area contributed by atoms with E-state index in [2.05, 4.69) is 112 Å². The zero-order valence-corrected chi connectivity index (χ0v) is 21.8. The highest BCUT2D eigenvalue weighted by molar-refractivity contribution is 7.99. The Hall–Kier alpha value is -1.64. The van der Waals surface area contributed by atoms with E-state index in [0.29, 0.717) is 0 Å².